The van der Waals surface area contributed by atoms with Gasteiger partial charge in [-0.05, 0) is 26.4 Å². The van der Waals surface area contributed by atoms with Crippen LogP contribution in [0.15, 0.2) is 30.3 Å². The molecule has 0 fully saturated rings. The van der Waals surface area contributed by atoms with Gasteiger partial charge in [0.25, 0.3) is 0 Å². The maximum Gasteiger partial charge on any atom is 0.166 e. The Morgan fingerprint density at radius 3 is 2.48 bits per heavy atom. The van der Waals surface area contributed by atoms with Crippen LogP contribution < -0.4 is 5.32 Å². The van der Waals surface area contributed by atoms with Crippen LogP contribution >= 0.6 is 0 Å². The molecule has 3 aromatic rings. The number of nitrogens with zero attached hydrogens (tertiary/aromatic N) is 5. The van der Waals surface area contributed by atoms with Crippen LogP contribution in [0.3, 0.4) is 0 Å². The fourth-order valence-electron chi connectivity index (χ4n) is 3.80. The molecule has 3 rings (SSSR count). The van der Waals surface area contributed by atoms with Gasteiger partial charge in [-0.3, -0.25) is 0 Å². The van der Waals surface area contributed by atoms with Gasteiger partial charge in [-0.15, -0.1) is 0 Å². The Morgan fingerprint density at radius 2 is 1.83 bits per heavy atom. The Balaban J connectivity index is 2.15. The summed E-state index contributed by atoms with van der Waals surface area (Å²) in [6.45, 7) is 9.52. The average molecular weight is 397 g/mol. The van der Waals surface area contributed by atoms with Crippen molar-refractivity contribution in [2.75, 3.05) is 46.2 Å². The van der Waals surface area contributed by atoms with Crippen LogP contribution in [0.1, 0.15) is 19.7 Å². The van der Waals surface area contributed by atoms with Crippen LogP contribution in [0.5, 0.6) is 0 Å². The van der Waals surface area contributed by atoms with E-state index in [9.17, 15) is 0 Å². The van der Waals surface area contributed by atoms with E-state index in [-0.39, 0.29) is 5.41 Å². The summed E-state index contributed by atoms with van der Waals surface area (Å²) in [5.74, 6) is 2.40. The van der Waals surface area contributed by atoms with E-state index in [2.05, 4.69) is 59.8 Å². The number of aromatic nitrogens is 4. The fraction of sp³-hybridized carbons (Fsp3) is 0.500. The molecule has 0 aliphatic carbocycles. The summed E-state index contributed by atoms with van der Waals surface area (Å²) in [4.78, 5) is 16.6. The van der Waals surface area contributed by atoms with Gasteiger partial charge in [-0.1, -0.05) is 44.2 Å². The van der Waals surface area contributed by atoms with Crippen LogP contribution in [0, 0.1) is 12.3 Å². The normalized spacial score (nSPS) is 12.1. The predicted octanol–water partition coefficient (Wildman–Crippen LogP) is 3.45. The van der Waals surface area contributed by atoms with E-state index in [1.54, 1.807) is 7.11 Å². The molecule has 2 heterocycles. The predicted molar refractivity (Wildman–Crippen MR) is 118 cm³/mol. The fourth-order valence-corrected chi connectivity index (χ4v) is 3.80. The van der Waals surface area contributed by atoms with Crippen molar-refractivity contribution in [1.29, 1.82) is 0 Å². The average Bonchev–Trinajstić information content (AvgIpc) is 2.99. The first-order chi connectivity index (χ1) is 13.8. The second kappa shape index (κ2) is 8.88. The van der Waals surface area contributed by atoms with Gasteiger partial charge < -0.3 is 19.5 Å². The van der Waals surface area contributed by atoms with Crippen molar-refractivity contribution in [3.05, 3.63) is 36.2 Å². The molecule has 0 unspecified atom stereocenters. The zero-order valence-corrected chi connectivity index (χ0v) is 18.4. The van der Waals surface area contributed by atoms with E-state index in [0.717, 1.165) is 47.3 Å². The van der Waals surface area contributed by atoms with Gasteiger partial charge in [-0.25, -0.2) is 15.0 Å². The number of ether oxygens (including phenoxy) is 1. The zero-order valence-electron chi connectivity index (χ0n) is 18.4. The van der Waals surface area contributed by atoms with Crippen molar-refractivity contribution < 1.29 is 4.74 Å². The third-order valence-corrected chi connectivity index (χ3v) is 4.67. The van der Waals surface area contributed by atoms with Gasteiger partial charge in [0, 0.05) is 32.3 Å². The molecule has 0 spiro atoms. The molecule has 1 N–H and O–H groups in total. The van der Waals surface area contributed by atoms with Gasteiger partial charge in [0.05, 0.1) is 6.61 Å². The van der Waals surface area contributed by atoms with Crippen molar-refractivity contribution in [2.24, 2.45) is 5.41 Å². The minimum atomic E-state index is 0.0448. The Kier molecular flexibility index (Phi) is 6.49. The van der Waals surface area contributed by atoms with E-state index >= 15 is 0 Å². The second-order valence-corrected chi connectivity index (χ2v) is 8.50. The van der Waals surface area contributed by atoms with Crippen LogP contribution in [-0.2, 0) is 11.3 Å². The minimum absolute atomic E-state index is 0.0448. The molecule has 0 amide bonds. The molecule has 29 heavy (non-hydrogen) atoms. The Morgan fingerprint density at radius 1 is 1.10 bits per heavy atom. The first kappa shape index (κ1) is 21.2. The number of fused-ring (bicyclic) bond motifs is 1. The SMILES string of the molecule is COCCNc1nc(C)nc2c1nc(-c1ccccc1)n2CC(C)(C)CN(C)C. The van der Waals surface area contributed by atoms with Gasteiger partial charge in [0.1, 0.15) is 11.6 Å². The maximum absolute atomic E-state index is 5.17. The van der Waals surface area contributed by atoms with Gasteiger partial charge in [-0.2, -0.15) is 0 Å². The highest BCUT2D eigenvalue weighted by molar-refractivity contribution is 5.86. The molecule has 0 saturated heterocycles. The quantitative estimate of drug-likeness (QED) is 0.559. The number of aryl methyl sites for hydroxylation is 1. The Labute approximate surface area is 173 Å². The second-order valence-electron chi connectivity index (χ2n) is 8.50. The van der Waals surface area contributed by atoms with Crippen molar-refractivity contribution in [2.45, 2.75) is 27.3 Å². The van der Waals surface area contributed by atoms with E-state index in [4.69, 9.17) is 14.7 Å². The molecule has 0 radical (unpaired) electrons. The molecule has 0 bridgehead atoms. The minimum Gasteiger partial charge on any atom is -0.383 e. The number of anilines is 1. The first-order valence-electron chi connectivity index (χ1n) is 9.98. The smallest absolute Gasteiger partial charge is 0.166 e. The number of methoxy groups -OCH3 is 1. The third-order valence-electron chi connectivity index (χ3n) is 4.67. The molecule has 7 heteroatoms. The van der Waals surface area contributed by atoms with Crippen LogP contribution in [0.2, 0.25) is 0 Å². The summed E-state index contributed by atoms with van der Waals surface area (Å²) in [6, 6.07) is 10.3. The summed E-state index contributed by atoms with van der Waals surface area (Å²) in [7, 11) is 5.91. The number of imidazole rings is 1. The lowest BCUT2D eigenvalue weighted by Gasteiger charge is -2.29. The number of hydrogen-bond acceptors (Lipinski definition) is 6. The molecular weight excluding hydrogens is 364 g/mol. The molecule has 156 valence electrons. The van der Waals surface area contributed by atoms with Gasteiger partial charge in [0.2, 0.25) is 0 Å². The standard InChI is InChI=1S/C22H32N6O/c1-16-24-19(23-12-13-29-6)18-21(25-16)28(15-22(2,3)14-27(4)5)20(26-18)17-10-8-7-9-11-17/h7-11H,12-15H2,1-6H3,(H,23,24,25). The Bertz CT molecular complexity index is 949. The molecule has 0 aliphatic heterocycles. The third kappa shape index (κ3) is 5.10. The molecule has 0 saturated carbocycles. The number of nitrogens with one attached hydrogen (secondary N) is 1. The van der Waals surface area contributed by atoms with E-state index < -0.39 is 0 Å². The topological polar surface area (TPSA) is 68.1 Å². The zero-order chi connectivity index (χ0) is 21.0. The van der Waals surface area contributed by atoms with E-state index in [1.165, 1.54) is 0 Å². The highest BCUT2D eigenvalue weighted by Gasteiger charge is 2.25. The lowest BCUT2D eigenvalue weighted by atomic mass is 9.92. The maximum atomic E-state index is 5.17. The summed E-state index contributed by atoms with van der Waals surface area (Å²) in [6.07, 6.45) is 0. The lowest BCUT2D eigenvalue weighted by molar-refractivity contribution is 0.210. The molecule has 0 aliphatic rings. The molecule has 1 aromatic carbocycles. The van der Waals surface area contributed by atoms with Crippen molar-refractivity contribution in [1.82, 2.24) is 24.4 Å². The summed E-state index contributed by atoms with van der Waals surface area (Å²) in [5.41, 5.74) is 2.78. The molecular formula is C22H32N6O. The highest BCUT2D eigenvalue weighted by atomic mass is 16.5. The number of hydrogen-bond donors (Lipinski definition) is 1. The summed E-state index contributed by atoms with van der Waals surface area (Å²) in [5, 5.41) is 3.36. The lowest BCUT2D eigenvalue weighted by Crippen LogP contribution is -2.32. The molecule has 7 nitrogen and oxygen atoms in total. The van der Waals surface area contributed by atoms with Crippen LogP contribution in [0.4, 0.5) is 5.82 Å². The van der Waals surface area contributed by atoms with Crippen molar-refractivity contribution in [3.63, 3.8) is 0 Å². The first-order valence-corrected chi connectivity index (χ1v) is 9.98. The Hall–Kier alpha value is -2.51. The van der Waals surface area contributed by atoms with Gasteiger partial charge >= 0.3 is 0 Å². The van der Waals surface area contributed by atoms with E-state index in [1.807, 2.05) is 25.1 Å². The largest absolute Gasteiger partial charge is 0.383 e. The summed E-state index contributed by atoms with van der Waals surface area (Å²) >= 11 is 0. The highest BCUT2D eigenvalue weighted by Crippen LogP contribution is 2.31. The van der Waals surface area contributed by atoms with Crippen LogP contribution in [-0.4, -0.2) is 65.3 Å². The summed E-state index contributed by atoms with van der Waals surface area (Å²) < 4.78 is 7.41. The number of rotatable bonds is 9. The van der Waals surface area contributed by atoms with Crippen LogP contribution in [0.25, 0.3) is 22.6 Å². The van der Waals surface area contributed by atoms with Crippen molar-refractivity contribution >= 4 is 17.0 Å². The van der Waals surface area contributed by atoms with Gasteiger partial charge in [0.15, 0.2) is 17.0 Å². The van der Waals surface area contributed by atoms with E-state index in [0.29, 0.717) is 13.2 Å². The monoisotopic (exact) mass is 396 g/mol. The molecule has 2 aromatic heterocycles. The molecule has 0 atom stereocenters. The number of benzene rings is 1. The van der Waals surface area contributed by atoms with Crippen molar-refractivity contribution in [3.8, 4) is 11.4 Å².